The third kappa shape index (κ3) is 5.59. The Balaban J connectivity index is 1.24. The highest BCUT2D eigenvalue weighted by Crippen LogP contribution is 2.37. The highest BCUT2D eigenvalue weighted by molar-refractivity contribution is 9.10. The molecular weight excluding hydrogens is 608 g/mol. The summed E-state index contributed by atoms with van der Waals surface area (Å²) in [6.07, 6.45) is 0. The van der Waals surface area contributed by atoms with Crippen LogP contribution in [0.3, 0.4) is 0 Å². The van der Waals surface area contributed by atoms with Crippen LogP contribution in [0.1, 0.15) is 0 Å². The van der Waals surface area contributed by atoms with Crippen molar-refractivity contribution in [2.75, 3.05) is 0 Å². The summed E-state index contributed by atoms with van der Waals surface area (Å²) in [4.78, 5) is 0. The van der Waals surface area contributed by atoms with Crippen LogP contribution in [0.4, 0.5) is 0 Å². The molecule has 0 aliphatic carbocycles. The average molecular weight is 638 g/mol. The van der Waals surface area contributed by atoms with Gasteiger partial charge in [0.1, 0.15) is 0 Å². The summed E-state index contributed by atoms with van der Waals surface area (Å²) in [7, 11) is 0. The molecule has 0 aliphatic heterocycles. The first kappa shape index (κ1) is 27.3. The second-order valence-electron chi connectivity index (χ2n) is 11.6. The summed E-state index contributed by atoms with van der Waals surface area (Å²) in [6, 6.07) is 63.8. The number of rotatable bonds is 5. The molecule has 0 saturated heterocycles. The minimum Gasteiger partial charge on any atom is -0.0622 e. The first-order valence-corrected chi connectivity index (χ1v) is 16.1. The Hall–Kier alpha value is -5.24. The molecule has 0 amide bonds. The van der Waals surface area contributed by atoms with Gasteiger partial charge in [-0.3, -0.25) is 0 Å². The Morgan fingerprint density at radius 3 is 1.18 bits per heavy atom. The topological polar surface area (TPSA) is 0 Å². The number of hydrogen-bond donors (Lipinski definition) is 0. The molecule has 45 heavy (non-hydrogen) atoms. The lowest BCUT2D eigenvalue weighted by Gasteiger charge is -2.14. The largest absolute Gasteiger partial charge is 0.0622 e. The maximum absolute atomic E-state index is 3.85. The van der Waals surface area contributed by atoms with Crippen molar-refractivity contribution in [3.05, 3.63) is 180 Å². The van der Waals surface area contributed by atoms with Gasteiger partial charge in [0.2, 0.25) is 0 Å². The summed E-state index contributed by atoms with van der Waals surface area (Å²) >= 11 is 3.85. The average Bonchev–Trinajstić information content (AvgIpc) is 3.11. The normalized spacial score (nSPS) is 11.2. The van der Waals surface area contributed by atoms with Crippen LogP contribution in [0, 0.1) is 0 Å². The molecule has 0 aromatic heterocycles. The predicted octanol–water partition coefficient (Wildman–Crippen LogP) is 13.1. The van der Waals surface area contributed by atoms with Gasteiger partial charge in [-0.15, -0.1) is 0 Å². The van der Waals surface area contributed by atoms with Crippen molar-refractivity contribution in [3.8, 4) is 55.6 Å². The van der Waals surface area contributed by atoms with Crippen molar-refractivity contribution >= 4 is 37.5 Å². The van der Waals surface area contributed by atoms with Crippen molar-refractivity contribution in [2.45, 2.75) is 0 Å². The van der Waals surface area contributed by atoms with E-state index in [0.29, 0.717) is 0 Å². The van der Waals surface area contributed by atoms with Crippen LogP contribution in [-0.4, -0.2) is 0 Å². The molecule has 8 aromatic carbocycles. The van der Waals surface area contributed by atoms with E-state index in [1.54, 1.807) is 0 Å². The molecule has 0 nitrogen and oxygen atoms in total. The summed E-state index contributed by atoms with van der Waals surface area (Å²) in [5, 5.41) is 5.02. The summed E-state index contributed by atoms with van der Waals surface area (Å²) in [5.41, 5.74) is 12.0. The molecule has 0 fully saturated rings. The first-order valence-electron chi connectivity index (χ1n) is 15.3. The van der Waals surface area contributed by atoms with Crippen LogP contribution in [0.2, 0.25) is 0 Å². The van der Waals surface area contributed by atoms with Crippen molar-refractivity contribution in [1.29, 1.82) is 0 Å². The van der Waals surface area contributed by atoms with Gasteiger partial charge in [0, 0.05) is 4.47 Å². The quantitative estimate of drug-likeness (QED) is 0.176. The van der Waals surface area contributed by atoms with E-state index in [1.165, 1.54) is 77.2 Å². The second kappa shape index (κ2) is 11.7. The fourth-order valence-corrected chi connectivity index (χ4v) is 6.79. The number of halogens is 1. The van der Waals surface area contributed by atoms with Gasteiger partial charge < -0.3 is 0 Å². The molecule has 1 heteroatoms. The van der Waals surface area contributed by atoms with Gasteiger partial charge in [0.05, 0.1) is 0 Å². The fraction of sp³-hybridized carbons (Fsp3) is 0. The molecule has 0 saturated carbocycles. The lowest BCUT2D eigenvalue weighted by molar-refractivity contribution is 1.54. The maximum Gasteiger partial charge on any atom is 0.0187 e. The zero-order valence-electron chi connectivity index (χ0n) is 24.6. The molecule has 0 N–H and O–H groups in total. The molecule has 0 heterocycles. The standard InChI is InChI=1S/C44H29Br/c45-44-28-42(36-16-8-15-35(23-36)37-19-17-31-11-4-6-13-33(31)21-37)27-43(29-44)41-25-39(30-9-2-1-3-10-30)24-40(26-41)38-20-18-32-12-5-7-14-34(32)22-38/h1-29H. The fourth-order valence-electron chi connectivity index (χ4n) is 6.30. The minimum atomic E-state index is 1.06. The van der Waals surface area contributed by atoms with E-state index in [1.807, 2.05) is 0 Å². The zero-order valence-corrected chi connectivity index (χ0v) is 26.2. The van der Waals surface area contributed by atoms with E-state index in [9.17, 15) is 0 Å². The van der Waals surface area contributed by atoms with Gasteiger partial charge in [0.15, 0.2) is 0 Å². The van der Waals surface area contributed by atoms with Crippen LogP contribution in [-0.2, 0) is 0 Å². The van der Waals surface area contributed by atoms with E-state index in [2.05, 4.69) is 192 Å². The highest BCUT2D eigenvalue weighted by Gasteiger charge is 2.11. The smallest absolute Gasteiger partial charge is 0.0187 e. The van der Waals surface area contributed by atoms with Crippen LogP contribution < -0.4 is 0 Å². The lowest BCUT2D eigenvalue weighted by Crippen LogP contribution is -1.88. The Morgan fingerprint density at radius 1 is 0.222 bits per heavy atom. The van der Waals surface area contributed by atoms with E-state index >= 15 is 0 Å². The van der Waals surface area contributed by atoms with Gasteiger partial charge in [-0.1, -0.05) is 137 Å². The molecule has 0 unspecified atom stereocenters. The van der Waals surface area contributed by atoms with Crippen molar-refractivity contribution in [1.82, 2.24) is 0 Å². The third-order valence-electron chi connectivity index (χ3n) is 8.63. The van der Waals surface area contributed by atoms with E-state index < -0.39 is 0 Å². The molecule has 8 rings (SSSR count). The van der Waals surface area contributed by atoms with Gasteiger partial charge in [-0.2, -0.15) is 0 Å². The number of benzene rings is 8. The summed E-state index contributed by atoms with van der Waals surface area (Å²) < 4.78 is 1.06. The van der Waals surface area contributed by atoms with E-state index in [4.69, 9.17) is 0 Å². The number of fused-ring (bicyclic) bond motifs is 2. The lowest BCUT2D eigenvalue weighted by atomic mass is 9.91. The molecule has 0 spiro atoms. The summed E-state index contributed by atoms with van der Waals surface area (Å²) in [6.45, 7) is 0. The van der Waals surface area contributed by atoms with E-state index in [0.717, 1.165) is 4.47 Å². The van der Waals surface area contributed by atoms with Gasteiger partial charge in [0.25, 0.3) is 0 Å². The van der Waals surface area contributed by atoms with Gasteiger partial charge in [-0.05, 0) is 132 Å². The first-order chi connectivity index (χ1) is 22.2. The third-order valence-corrected chi connectivity index (χ3v) is 9.09. The molecule has 212 valence electrons. The van der Waals surface area contributed by atoms with Crippen LogP contribution in [0.5, 0.6) is 0 Å². The highest BCUT2D eigenvalue weighted by atomic mass is 79.9. The monoisotopic (exact) mass is 636 g/mol. The van der Waals surface area contributed by atoms with Gasteiger partial charge >= 0.3 is 0 Å². The second-order valence-corrected chi connectivity index (χ2v) is 12.5. The maximum atomic E-state index is 3.85. The predicted molar refractivity (Wildman–Crippen MR) is 196 cm³/mol. The summed E-state index contributed by atoms with van der Waals surface area (Å²) in [5.74, 6) is 0. The molecule has 0 radical (unpaired) electrons. The SMILES string of the molecule is Brc1cc(-c2cccc(-c3ccc4ccccc4c3)c2)cc(-c2cc(-c3ccccc3)cc(-c3ccc4ccccc4c3)c2)c1. The Kier molecular flexibility index (Phi) is 7.10. The minimum absolute atomic E-state index is 1.06. The molecule has 0 atom stereocenters. The van der Waals surface area contributed by atoms with Crippen LogP contribution >= 0.6 is 15.9 Å². The van der Waals surface area contributed by atoms with Crippen LogP contribution in [0.25, 0.3) is 77.2 Å². The molecule has 0 aliphatic rings. The number of hydrogen-bond acceptors (Lipinski definition) is 0. The molecular formula is C44H29Br. The zero-order chi connectivity index (χ0) is 30.2. The van der Waals surface area contributed by atoms with E-state index in [-0.39, 0.29) is 0 Å². The van der Waals surface area contributed by atoms with Gasteiger partial charge in [-0.25, -0.2) is 0 Å². The van der Waals surface area contributed by atoms with Crippen molar-refractivity contribution < 1.29 is 0 Å². The van der Waals surface area contributed by atoms with Crippen molar-refractivity contribution in [2.24, 2.45) is 0 Å². The Labute approximate surface area is 272 Å². The molecule has 0 bridgehead atoms. The van der Waals surface area contributed by atoms with Crippen LogP contribution in [0.15, 0.2) is 180 Å². The Morgan fingerprint density at radius 2 is 0.578 bits per heavy atom. The Bertz CT molecular complexity index is 2330. The van der Waals surface area contributed by atoms with Crippen molar-refractivity contribution in [3.63, 3.8) is 0 Å². The molecule has 8 aromatic rings.